The minimum absolute atomic E-state index is 0.337. The average Bonchev–Trinajstić information content (AvgIpc) is 2.71. The van der Waals surface area contributed by atoms with Crippen LogP contribution in [-0.2, 0) is 6.42 Å². The van der Waals surface area contributed by atoms with Crippen LogP contribution in [0.5, 0.6) is 0 Å². The quantitative estimate of drug-likeness (QED) is 0.830. The number of anilines is 2. The molecule has 4 nitrogen and oxygen atoms in total. The van der Waals surface area contributed by atoms with Crippen LogP contribution in [0.25, 0.3) is 11.3 Å². The van der Waals surface area contributed by atoms with Crippen LogP contribution in [0, 0.1) is 0 Å². The van der Waals surface area contributed by atoms with Crippen molar-refractivity contribution in [1.82, 2.24) is 9.97 Å². The third-order valence-corrected chi connectivity index (χ3v) is 4.33. The summed E-state index contributed by atoms with van der Waals surface area (Å²) in [5, 5.41) is 3.38. The van der Waals surface area contributed by atoms with Gasteiger partial charge in [0.05, 0.1) is 5.69 Å². The fourth-order valence-electron chi connectivity index (χ4n) is 2.58. The van der Waals surface area contributed by atoms with Crippen LogP contribution in [0.4, 0.5) is 11.8 Å². The number of aromatic nitrogens is 2. The predicted molar refractivity (Wildman–Crippen MR) is 85.1 cm³/mol. The summed E-state index contributed by atoms with van der Waals surface area (Å²) >= 11 is 1.73. The van der Waals surface area contributed by atoms with Gasteiger partial charge in [-0.15, -0.1) is 11.8 Å². The molecular formula is C15H18N4S. The van der Waals surface area contributed by atoms with E-state index in [4.69, 9.17) is 5.73 Å². The van der Waals surface area contributed by atoms with Crippen molar-refractivity contribution in [1.29, 1.82) is 0 Å². The molecule has 2 heterocycles. The molecule has 0 unspecified atom stereocenters. The lowest BCUT2D eigenvalue weighted by atomic mass is 10.0. The van der Waals surface area contributed by atoms with Crippen molar-refractivity contribution in [3.8, 4) is 11.3 Å². The van der Waals surface area contributed by atoms with Gasteiger partial charge in [0.15, 0.2) is 0 Å². The summed E-state index contributed by atoms with van der Waals surface area (Å²) in [4.78, 5) is 10.1. The Hall–Kier alpha value is -1.75. The molecule has 1 aliphatic heterocycles. The van der Waals surface area contributed by atoms with Crippen molar-refractivity contribution in [2.75, 3.05) is 23.9 Å². The second kappa shape index (κ2) is 5.71. The van der Waals surface area contributed by atoms with Crippen molar-refractivity contribution in [3.05, 3.63) is 29.8 Å². The van der Waals surface area contributed by atoms with Gasteiger partial charge in [0.25, 0.3) is 0 Å². The SMILES string of the molecule is CSc1ccccc1-c1nc(N)nc2c1CCCCN2. The standard InChI is InChI=1S/C15H18N4S/c1-20-12-8-3-2-6-10(12)13-11-7-4-5-9-17-14(11)19-15(16)18-13/h2-3,6,8H,4-5,7,9H2,1H3,(H3,16,17,18,19). The zero-order chi connectivity index (χ0) is 13.9. The molecule has 1 aromatic heterocycles. The van der Waals surface area contributed by atoms with E-state index in [1.165, 1.54) is 10.5 Å². The number of nitrogen functional groups attached to an aromatic ring is 1. The Kier molecular flexibility index (Phi) is 3.78. The number of fused-ring (bicyclic) bond motifs is 1. The van der Waals surface area contributed by atoms with Gasteiger partial charge in [-0.3, -0.25) is 0 Å². The van der Waals surface area contributed by atoms with Crippen molar-refractivity contribution < 1.29 is 0 Å². The molecule has 0 spiro atoms. The first-order chi connectivity index (χ1) is 9.79. The smallest absolute Gasteiger partial charge is 0.222 e. The maximum atomic E-state index is 5.89. The lowest BCUT2D eigenvalue weighted by Crippen LogP contribution is -2.08. The van der Waals surface area contributed by atoms with Crippen molar-refractivity contribution >= 4 is 23.5 Å². The first-order valence-electron chi connectivity index (χ1n) is 6.83. The van der Waals surface area contributed by atoms with E-state index < -0.39 is 0 Å². The molecule has 20 heavy (non-hydrogen) atoms. The second-order valence-corrected chi connectivity index (χ2v) is 5.69. The Labute approximate surface area is 123 Å². The lowest BCUT2D eigenvalue weighted by Gasteiger charge is -2.14. The molecule has 0 saturated carbocycles. The Balaban J connectivity index is 2.20. The summed E-state index contributed by atoms with van der Waals surface area (Å²) in [6.45, 7) is 0.951. The Morgan fingerprint density at radius 2 is 2.05 bits per heavy atom. The van der Waals surface area contributed by atoms with Gasteiger partial charge >= 0.3 is 0 Å². The fourth-order valence-corrected chi connectivity index (χ4v) is 3.18. The van der Waals surface area contributed by atoms with Gasteiger partial charge in [-0.05, 0) is 31.6 Å². The average molecular weight is 286 g/mol. The minimum atomic E-state index is 0.337. The van der Waals surface area contributed by atoms with Crippen molar-refractivity contribution in [2.45, 2.75) is 24.2 Å². The summed E-state index contributed by atoms with van der Waals surface area (Å²) in [6, 6.07) is 8.33. The highest BCUT2D eigenvalue weighted by Crippen LogP contribution is 2.35. The highest BCUT2D eigenvalue weighted by molar-refractivity contribution is 7.98. The molecule has 2 aromatic rings. The van der Waals surface area contributed by atoms with E-state index in [1.54, 1.807) is 11.8 Å². The molecule has 0 aliphatic carbocycles. The maximum Gasteiger partial charge on any atom is 0.222 e. The van der Waals surface area contributed by atoms with Crippen molar-refractivity contribution in [3.63, 3.8) is 0 Å². The van der Waals surface area contributed by atoms with Gasteiger partial charge < -0.3 is 11.1 Å². The van der Waals surface area contributed by atoms with Crippen LogP contribution in [0.3, 0.4) is 0 Å². The lowest BCUT2D eigenvalue weighted by molar-refractivity contribution is 0.785. The minimum Gasteiger partial charge on any atom is -0.370 e. The van der Waals surface area contributed by atoms with Gasteiger partial charge in [0, 0.05) is 22.6 Å². The molecule has 1 aromatic carbocycles. The first-order valence-corrected chi connectivity index (χ1v) is 8.05. The summed E-state index contributed by atoms with van der Waals surface area (Å²) in [5.41, 5.74) is 9.21. The molecule has 0 bridgehead atoms. The number of nitrogens with zero attached hydrogens (tertiary/aromatic N) is 2. The molecule has 104 valence electrons. The molecule has 0 saturated heterocycles. The second-order valence-electron chi connectivity index (χ2n) is 4.84. The number of thioether (sulfide) groups is 1. The fraction of sp³-hybridized carbons (Fsp3) is 0.333. The van der Waals surface area contributed by atoms with E-state index in [0.29, 0.717) is 5.95 Å². The summed E-state index contributed by atoms with van der Waals surface area (Å²) in [6.07, 6.45) is 5.39. The van der Waals surface area contributed by atoms with Gasteiger partial charge in [0.1, 0.15) is 5.82 Å². The number of benzene rings is 1. The number of nitrogens with two attached hydrogens (primary N) is 1. The summed E-state index contributed by atoms with van der Waals surface area (Å²) in [7, 11) is 0. The van der Waals surface area contributed by atoms with Gasteiger partial charge in [-0.1, -0.05) is 18.2 Å². The van der Waals surface area contributed by atoms with Crippen LogP contribution in [0.2, 0.25) is 0 Å². The Morgan fingerprint density at radius 1 is 1.20 bits per heavy atom. The highest BCUT2D eigenvalue weighted by Gasteiger charge is 2.18. The highest BCUT2D eigenvalue weighted by atomic mass is 32.2. The van der Waals surface area contributed by atoms with Crippen LogP contribution >= 0.6 is 11.8 Å². The molecule has 0 fully saturated rings. The van der Waals surface area contributed by atoms with Crippen LogP contribution in [0.1, 0.15) is 18.4 Å². The molecule has 5 heteroatoms. The molecule has 3 N–H and O–H groups in total. The van der Waals surface area contributed by atoms with Gasteiger partial charge in [-0.25, -0.2) is 4.98 Å². The number of hydrogen-bond acceptors (Lipinski definition) is 5. The van der Waals surface area contributed by atoms with E-state index in [-0.39, 0.29) is 0 Å². The number of rotatable bonds is 2. The van der Waals surface area contributed by atoms with Gasteiger partial charge in [0.2, 0.25) is 5.95 Å². The van der Waals surface area contributed by atoms with Crippen LogP contribution < -0.4 is 11.1 Å². The van der Waals surface area contributed by atoms with E-state index in [2.05, 4.69) is 39.7 Å². The third-order valence-electron chi connectivity index (χ3n) is 3.53. The Bertz CT molecular complexity index is 627. The predicted octanol–water partition coefficient (Wildman–Crippen LogP) is 3.20. The van der Waals surface area contributed by atoms with Crippen LogP contribution in [-0.4, -0.2) is 22.8 Å². The zero-order valence-corrected chi connectivity index (χ0v) is 12.3. The topological polar surface area (TPSA) is 63.8 Å². The summed E-state index contributed by atoms with van der Waals surface area (Å²) < 4.78 is 0. The van der Waals surface area contributed by atoms with Crippen molar-refractivity contribution in [2.24, 2.45) is 0 Å². The molecule has 1 aliphatic rings. The van der Waals surface area contributed by atoms with Gasteiger partial charge in [-0.2, -0.15) is 4.98 Å². The molecule has 3 rings (SSSR count). The molecular weight excluding hydrogens is 268 g/mol. The number of nitrogens with one attached hydrogen (secondary N) is 1. The van der Waals surface area contributed by atoms with E-state index in [9.17, 15) is 0 Å². The first kappa shape index (κ1) is 13.2. The normalized spacial score (nSPS) is 14.2. The van der Waals surface area contributed by atoms with Crippen LogP contribution in [0.15, 0.2) is 29.2 Å². The Morgan fingerprint density at radius 3 is 2.90 bits per heavy atom. The van der Waals surface area contributed by atoms with E-state index >= 15 is 0 Å². The monoisotopic (exact) mass is 286 g/mol. The zero-order valence-electron chi connectivity index (χ0n) is 11.5. The van der Waals surface area contributed by atoms with E-state index in [1.807, 2.05) is 6.07 Å². The molecule has 0 atom stereocenters. The maximum absolute atomic E-state index is 5.89. The molecule has 0 radical (unpaired) electrons. The number of hydrogen-bond donors (Lipinski definition) is 2. The largest absolute Gasteiger partial charge is 0.370 e. The third kappa shape index (κ3) is 2.45. The molecule has 0 amide bonds. The van der Waals surface area contributed by atoms with E-state index in [0.717, 1.165) is 42.9 Å². The summed E-state index contributed by atoms with van der Waals surface area (Å²) in [5.74, 6) is 1.24.